The third-order valence-corrected chi connectivity index (χ3v) is 5.77. The molecule has 0 aliphatic carbocycles. The van der Waals surface area contributed by atoms with Crippen LogP contribution in [0.3, 0.4) is 0 Å². The Balaban J connectivity index is 1.46. The monoisotopic (exact) mass is 323 g/mol. The molecule has 1 aromatic carbocycles. The third kappa shape index (κ3) is 1.94. The summed E-state index contributed by atoms with van der Waals surface area (Å²) in [5.41, 5.74) is 1.33. The van der Waals surface area contributed by atoms with Gasteiger partial charge >= 0.3 is 0 Å². The fourth-order valence-electron chi connectivity index (χ4n) is 4.78. The zero-order chi connectivity index (χ0) is 16.3. The summed E-state index contributed by atoms with van der Waals surface area (Å²) in [6.07, 6.45) is 3.22. The van der Waals surface area contributed by atoms with E-state index in [1.807, 2.05) is 37.3 Å². The number of benzene rings is 1. The molecule has 24 heavy (non-hydrogen) atoms. The number of nitrogens with zero attached hydrogens (tertiary/aromatic N) is 1. The lowest BCUT2D eigenvalue weighted by molar-refractivity contribution is 0.0868. The molecule has 5 nitrogen and oxygen atoms in total. The van der Waals surface area contributed by atoms with Crippen molar-refractivity contribution in [1.29, 1.82) is 0 Å². The summed E-state index contributed by atoms with van der Waals surface area (Å²) in [6, 6.07) is 12.6. The van der Waals surface area contributed by atoms with Crippen molar-refractivity contribution in [2.75, 3.05) is 5.32 Å². The number of aryl methyl sites for hydroxylation is 1. The van der Waals surface area contributed by atoms with Crippen molar-refractivity contribution in [1.82, 2.24) is 10.2 Å². The number of carbonyl (C=O) groups is 1. The number of hydrogen-bond acceptors (Lipinski definition) is 4. The van der Waals surface area contributed by atoms with Gasteiger partial charge in [0.25, 0.3) is 5.91 Å². The topological polar surface area (TPSA) is 57.5 Å². The molecule has 2 N–H and O–H groups in total. The Kier molecular flexibility index (Phi) is 2.86. The van der Waals surface area contributed by atoms with Gasteiger partial charge in [0.2, 0.25) is 0 Å². The van der Waals surface area contributed by atoms with Crippen molar-refractivity contribution in [3.05, 3.63) is 53.5 Å². The van der Waals surface area contributed by atoms with Crippen molar-refractivity contribution < 1.29 is 9.21 Å². The van der Waals surface area contributed by atoms with Crippen LogP contribution >= 0.6 is 0 Å². The predicted octanol–water partition coefficient (Wildman–Crippen LogP) is 2.88. The van der Waals surface area contributed by atoms with Crippen molar-refractivity contribution in [2.24, 2.45) is 0 Å². The first-order valence-corrected chi connectivity index (χ1v) is 8.65. The first kappa shape index (κ1) is 14.1. The normalized spacial score (nSPS) is 31.1. The van der Waals surface area contributed by atoms with Gasteiger partial charge in [-0.1, -0.05) is 12.1 Å². The molecule has 3 atom stereocenters. The van der Waals surface area contributed by atoms with E-state index in [1.165, 1.54) is 6.42 Å². The van der Waals surface area contributed by atoms with E-state index >= 15 is 0 Å². The van der Waals surface area contributed by atoms with Gasteiger partial charge in [0.15, 0.2) is 0 Å². The van der Waals surface area contributed by atoms with E-state index in [1.54, 1.807) is 0 Å². The highest BCUT2D eigenvalue weighted by molar-refractivity contribution is 6.02. The van der Waals surface area contributed by atoms with Crippen LogP contribution in [0.2, 0.25) is 0 Å². The summed E-state index contributed by atoms with van der Waals surface area (Å²) in [5, 5.41) is 6.93. The molecule has 3 aliphatic heterocycles. The Bertz CT molecular complexity index is 814. The lowest BCUT2D eigenvalue weighted by atomic mass is 9.86. The number of furan rings is 1. The molecule has 0 unspecified atom stereocenters. The molecule has 2 fully saturated rings. The highest BCUT2D eigenvalue weighted by Gasteiger charge is 2.58. The summed E-state index contributed by atoms with van der Waals surface area (Å²) in [7, 11) is 0. The summed E-state index contributed by atoms with van der Waals surface area (Å²) in [4.78, 5) is 15.1. The van der Waals surface area contributed by atoms with Crippen LogP contribution in [0.25, 0.3) is 0 Å². The van der Waals surface area contributed by atoms with E-state index in [4.69, 9.17) is 4.42 Å². The summed E-state index contributed by atoms with van der Waals surface area (Å²) >= 11 is 0. The SMILES string of the molecule is Cc1ccc(CN2[C@H]3CC[C@H]2[C@@]2(C3)NC(=O)c3ccccc3N2)o1. The fraction of sp³-hybridized carbons (Fsp3) is 0.421. The molecular weight excluding hydrogens is 302 g/mol. The number of hydrogen-bond donors (Lipinski definition) is 2. The van der Waals surface area contributed by atoms with Crippen molar-refractivity contribution in [3.8, 4) is 0 Å². The van der Waals surface area contributed by atoms with Crippen molar-refractivity contribution >= 4 is 11.6 Å². The Hall–Kier alpha value is -2.27. The standard InChI is InChI=1S/C19H21N3O2/c1-12-6-8-14(24-12)11-22-13-7-9-17(22)19(10-13)20-16-5-3-2-4-15(16)18(23)21-19/h2-6,8,13,17,20H,7,9-11H2,1H3,(H,21,23)/t13-,17-,19+/m0/s1. The van der Waals surface area contributed by atoms with Gasteiger partial charge in [0.05, 0.1) is 18.2 Å². The Labute approximate surface area is 141 Å². The van der Waals surface area contributed by atoms with Crippen LogP contribution in [0, 0.1) is 6.92 Å². The minimum Gasteiger partial charge on any atom is -0.465 e. The molecule has 124 valence electrons. The lowest BCUT2D eigenvalue weighted by Gasteiger charge is -2.43. The number of nitrogens with one attached hydrogen (secondary N) is 2. The van der Waals surface area contributed by atoms with E-state index in [0.29, 0.717) is 12.1 Å². The number of para-hydroxylation sites is 1. The highest BCUT2D eigenvalue weighted by atomic mass is 16.3. The molecule has 2 aromatic rings. The molecule has 1 amide bonds. The molecule has 0 radical (unpaired) electrons. The van der Waals surface area contributed by atoms with Gasteiger partial charge in [-0.05, 0) is 44.0 Å². The number of amides is 1. The van der Waals surface area contributed by atoms with Crippen LogP contribution in [-0.2, 0) is 6.54 Å². The van der Waals surface area contributed by atoms with Crippen LogP contribution in [0.1, 0.15) is 41.1 Å². The summed E-state index contributed by atoms with van der Waals surface area (Å²) in [6.45, 7) is 2.79. The highest BCUT2D eigenvalue weighted by Crippen LogP contribution is 2.47. The molecule has 2 saturated heterocycles. The Morgan fingerprint density at radius 1 is 1.21 bits per heavy atom. The quantitative estimate of drug-likeness (QED) is 0.892. The molecule has 1 spiro atoms. The van der Waals surface area contributed by atoms with E-state index in [9.17, 15) is 4.79 Å². The fourth-order valence-corrected chi connectivity index (χ4v) is 4.78. The largest absolute Gasteiger partial charge is 0.465 e. The first-order chi connectivity index (χ1) is 11.6. The van der Waals surface area contributed by atoms with Gasteiger partial charge < -0.3 is 15.1 Å². The number of carbonyl (C=O) groups excluding carboxylic acids is 1. The van der Waals surface area contributed by atoms with E-state index in [0.717, 1.165) is 42.2 Å². The predicted molar refractivity (Wildman–Crippen MR) is 90.7 cm³/mol. The van der Waals surface area contributed by atoms with Crippen molar-refractivity contribution in [2.45, 2.75) is 50.5 Å². The van der Waals surface area contributed by atoms with Crippen LogP contribution in [0.15, 0.2) is 40.8 Å². The second kappa shape index (κ2) is 4.86. The third-order valence-electron chi connectivity index (χ3n) is 5.77. The van der Waals surface area contributed by atoms with E-state index in [2.05, 4.69) is 21.6 Å². The molecule has 0 saturated carbocycles. The zero-order valence-electron chi connectivity index (χ0n) is 13.7. The van der Waals surface area contributed by atoms with Gasteiger partial charge in [0.1, 0.15) is 17.2 Å². The summed E-state index contributed by atoms with van der Waals surface area (Å²) < 4.78 is 5.77. The maximum absolute atomic E-state index is 12.6. The number of anilines is 1. The molecular formula is C19H21N3O2. The first-order valence-electron chi connectivity index (χ1n) is 8.65. The molecule has 3 aliphatic rings. The average molecular weight is 323 g/mol. The average Bonchev–Trinajstić information content (AvgIpc) is 3.22. The molecule has 1 aromatic heterocycles. The second-order valence-corrected chi connectivity index (χ2v) is 7.23. The summed E-state index contributed by atoms with van der Waals surface area (Å²) in [5.74, 6) is 1.99. The van der Waals surface area contributed by atoms with Crippen LogP contribution < -0.4 is 10.6 Å². The van der Waals surface area contributed by atoms with E-state index in [-0.39, 0.29) is 11.6 Å². The lowest BCUT2D eigenvalue weighted by Crippen LogP contribution is -2.64. The number of fused-ring (bicyclic) bond motifs is 4. The second-order valence-electron chi connectivity index (χ2n) is 7.23. The zero-order valence-corrected chi connectivity index (χ0v) is 13.7. The molecule has 5 rings (SSSR count). The minimum absolute atomic E-state index is 0.0330. The Morgan fingerprint density at radius 3 is 2.92 bits per heavy atom. The molecule has 2 bridgehead atoms. The maximum atomic E-state index is 12.6. The maximum Gasteiger partial charge on any atom is 0.255 e. The van der Waals surface area contributed by atoms with Crippen molar-refractivity contribution in [3.63, 3.8) is 0 Å². The minimum atomic E-state index is -0.351. The smallest absolute Gasteiger partial charge is 0.255 e. The van der Waals surface area contributed by atoms with Gasteiger partial charge in [-0.3, -0.25) is 9.69 Å². The number of rotatable bonds is 2. The van der Waals surface area contributed by atoms with Crippen LogP contribution in [0.4, 0.5) is 5.69 Å². The van der Waals surface area contributed by atoms with Crippen LogP contribution in [-0.4, -0.2) is 28.6 Å². The van der Waals surface area contributed by atoms with E-state index < -0.39 is 0 Å². The molecule has 4 heterocycles. The molecule has 5 heteroatoms. The van der Waals surface area contributed by atoms with Gasteiger partial charge in [-0.15, -0.1) is 0 Å². The van der Waals surface area contributed by atoms with Crippen LogP contribution in [0.5, 0.6) is 0 Å². The van der Waals surface area contributed by atoms with Gasteiger partial charge in [0, 0.05) is 18.2 Å². The Morgan fingerprint density at radius 2 is 2.08 bits per heavy atom. The van der Waals surface area contributed by atoms with Gasteiger partial charge in [-0.25, -0.2) is 0 Å². The van der Waals surface area contributed by atoms with Gasteiger partial charge in [-0.2, -0.15) is 0 Å².